The number of hydrogen-bond acceptors (Lipinski definition) is 5. The smallest absolute Gasteiger partial charge is 0.272 e. The number of amides is 1. The minimum Gasteiger partial charge on any atom is -0.337 e. The second-order valence-electron chi connectivity index (χ2n) is 8.95. The third kappa shape index (κ3) is 3.38. The Bertz CT molecular complexity index is 1390. The van der Waals surface area contributed by atoms with E-state index in [1.54, 1.807) is 28.7 Å². The van der Waals surface area contributed by atoms with Gasteiger partial charge in [0.25, 0.3) is 5.91 Å². The summed E-state index contributed by atoms with van der Waals surface area (Å²) in [5.41, 5.74) is 2.15. The second-order valence-corrected chi connectivity index (χ2v) is 9.79. The number of piperidine rings is 1. The molecule has 2 unspecified atom stereocenters. The Balaban J connectivity index is 1.44. The molecule has 33 heavy (non-hydrogen) atoms. The molecule has 6 rings (SSSR count). The van der Waals surface area contributed by atoms with Crippen molar-refractivity contribution in [2.45, 2.75) is 25.1 Å². The van der Waals surface area contributed by atoms with Gasteiger partial charge in [-0.3, -0.25) is 18.9 Å². The number of fused-ring (bicyclic) bond motifs is 4. The minimum absolute atomic E-state index is 0.0263. The molecule has 0 aromatic carbocycles. The lowest BCUT2D eigenvalue weighted by molar-refractivity contribution is 0.0656. The Morgan fingerprint density at radius 1 is 1.15 bits per heavy atom. The SMILES string of the molecule is CSCn1nc(-c2cnc3c(F)cc(F)cn23)c2cnc(C(=O)N3CC4CCC(C4)C3)cc21. The number of aromatic nitrogens is 5. The highest BCUT2D eigenvalue weighted by atomic mass is 32.2. The van der Waals surface area contributed by atoms with Gasteiger partial charge in [-0.15, -0.1) is 11.8 Å². The summed E-state index contributed by atoms with van der Waals surface area (Å²) in [6, 6.07) is 2.59. The maximum Gasteiger partial charge on any atom is 0.272 e. The molecule has 1 amide bonds. The van der Waals surface area contributed by atoms with Crippen molar-refractivity contribution in [2.75, 3.05) is 19.3 Å². The van der Waals surface area contributed by atoms with Crippen LogP contribution < -0.4 is 0 Å². The molecular formula is C23H22F2N6OS. The van der Waals surface area contributed by atoms with Crippen molar-refractivity contribution in [1.29, 1.82) is 0 Å². The normalized spacial score (nSPS) is 20.3. The van der Waals surface area contributed by atoms with E-state index in [1.807, 2.05) is 11.2 Å². The van der Waals surface area contributed by atoms with Crippen LogP contribution in [0, 0.1) is 23.5 Å². The minimum atomic E-state index is -0.740. The lowest BCUT2D eigenvalue weighted by Gasteiger charge is -2.31. The van der Waals surface area contributed by atoms with E-state index in [9.17, 15) is 13.6 Å². The fraction of sp³-hybridized carbons (Fsp3) is 0.391. The molecule has 1 saturated heterocycles. The Labute approximate surface area is 192 Å². The first kappa shape index (κ1) is 20.6. The van der Waals surface area contributed by atoms with Crippen molar-refractivity contribution >= 4 is 34.2 Å². The molecule has 0 radical (unpaired) electrons. The van der Waals surface area contributed by atoms with Gasteiger partial charge in [-0.2, -0.15) is 5.10 Å². The summed E-state index contributed by atoms with van der Waals surface area (Å²) in [4.78, 5) is 23.8. The van der Waals surface area contributed by atoms with Crippen LogP contribution in [-0.4, -0.2) is 54.3 Å². The summed E-state index contributed by atoms with van der Waals surface area (Å²) in [7, 11) is 0. The average molecular weight is 469 g/mol. The van der Waals surface area contributed by atoms with Crippen LogP contribution in [0.25, 0.3) is 27.9 Å². The highest BCUT2D eigenvalue weighted by molar-refractivity contribution is 7.97. The number of nitrogens with zero attached hydrogens (tertiary/aromatic N) is 6. The number of rotatable bonds is 4. The molecule has 2 fully saturated rings. The van der Waals surface area contributed by atoms with E-state index in [0.717, 1.165) is 24.7 Å². The Morgan fingerprint density at radius 3 is 2.70 bits per heavy atom. The number of thioether (sulfide) groups is 1. The van der Waals surface area contributed by atoms with Crippen molar-refractivity contribution in [3.8, 4) is 11.4 Å². The molecule has 0 spiro atoms. The highest BCUT2D eigenvalue weighted by Crippen LogP contribution is 2.37. The van der Waals surface area contributed by atoms with Gasteiger partial charge in [0.05, 0.1) is 23.3 Å². The zero-order valence-electron chi connectivity index (χ0n) is 18.0. The summed E-state index contributed by atoms with van der Waals surface area (Å²) in [6.45, 7) is 1.59. The van der Waals surface area contributed by atoms with Crippen molar-refractivity contribution in [3.05, 3.63) is 48.1 Å². The topological polar surface area (TPSA) is 68.3 Å². The summed E-state index contributed by atoms with van der Waals surface area (Å²) < 4.78 is 31.3. The molecule has 1 aliphatic carbocycles. The van der Waals surface area contributed by atoms with E-state index in [2.05, 4.69) is 9.97 Å². The van der Waals surface area contributed by atoms with Gasteiger partial charge in [0.2, 0.25) is 0 Å². The quantitative estimate of drug-likeness (QED) is 0.449. The maximum atomic E-state index is 14.2. The molecule has 7 nitrogen and oxygen atoms in total. The predicted octanol–water partition coefficient (Wildman–Crippen LogP) is 4.22. The lowest BCUT2D eigenvalue weighted by atomic mass is 9.98. The fourth-order valence-corrected chi connectivity index (χ4v) is 5.76. The number of carbonyl (C=O) groups is 1. The van der Waals surface area contributed by atoms with E-state index in [0.29, 0.717) is 40.2 Å². The molecule has 1 saturated carbocycles. The van der Waals surface area contributed by atoms with Gasteiger partial charge in [0, 0.05) is 36.9 Å². The first-order chi connectivity index (χ1) is 16.0. The molecule has 1 aliphatic heterocycles. The van der Waals surface area contributed by atoms with Crippen LogP contribution in [0.15, 0.2) is 30.7 Å². The standard InChI is InChI=1S/C23H22F2N6OS/c1-33-12-31-19-6-18(23(32)29-9-13-2-3-14(4-13)10-29)26-7-16(19)21(28-31)20-8-27-22-17(25)5-15(24)11-30(20)22/h5-8,11,13-14H,2-4,9-10,12H2,1H3. The van der Waals surface area contributed by atoms with Crippen LogP contribution in [0.2, 0.25) is 0 Å². The average Bonchev–Trinajstić information content (AvgIpc) is 3.48. The van der Waals surface area contributed by atoms with Gasteiger partial charge < -0.3 is 4.90 Å². The number of likely N-dealkylation sites (tertiary alicyclic amines) is 1. The van der Waals surface area contributed by atoms with Crippen molar-refractivity contribution in [3.63, 3.8) is 0 Å². The zero-order valence-corrected chi connectivity index (χ0v) is 18.9. The van der Waals surface area contributed by atoms with Gasteiger partial charge in [0.15, 0.2) is 11.5 Å². The van der Waals surface area contributed by atoms with Gasteiger partial charge in [-0.05, 0) is 43.4 Å². The molecule has 4 aromatic heterocycles. The lowest BCUT2D eigenvalue weighted by Crippen LogP contribution is -2.41. The second kappa shape index (κ2) is 7.79. The molecular weight excluding hydrogens is 446 g/mol. The van der Waals surface area contributed by atoms with Gasteiger partial charge in [-0.25, -0.2) is 13.8 Å². The zero-order chi connectivity index (χ0) is 22.7. The van der Waals surface area contributed by atoms with E-state index in [4.69, 9.17) is 5.10 Å². The number of imidazole rings is 1. The van der Waals surface area contributed by atoms with Crippen molar-refractivity contribution in [2.24, 2.45) is 11.8 Å². The number of carbonyl (C=O) groups excluding carboxylic acids is 1. The summed E-state index contributed by atoms with van der Waals surface area (Å²) in [6.07, 6.45) is 9.89. The maximum absolute atomic E-state index is 14.2. The highest BCUT2D eigenvalue weighted by Gasteiger charge is 2.35. The van der Waals surface area contributed by atoms with Crippen LogP contribution in [0.1, 0.15) is 29.8 Å². The van der Waals surface area contributed by atoms with Crippen LogP contribution in [0.3, 0.4) is 0 Å². The molecule has 2 aliphatic rings. The Hall–Kier alpha value is -3.01. The first-order valence-electron chi connectivity index (χ1n) is 11.0. The van der Waals surface area contributed by atoms with Crippen molar-refractivity contribution in [1.82, 2.24) is 29.0 Å². The van der Waals surface area contributed by atoms with Crippen molar-refractivity contribution < 1.29 is 13.6 Å². The number of hydrogen-bond donors (Lipinski definition) is 0. The van der Waals surface area contributed by atoms with Crippen LogP contribution in [0.4, 0.5) is 8.78 Å². The first-order valence-corrected chi connectivity index (χ1v) is 12.4. The van der Waals surface area contributed by atoms with Crippen LogP contribution in [-0.2, 0) is 5.88 Å². The Morgan fingerprint density at radius 2 is 1.94 bits per heavy atom. The third-order valence-corrected chi connectivity index (χ3v) is 7.27. The monoisotopic (exact) mass is 468 g/mol. The molecule has 4 aromatic rings. The summed E-state index contributed by atoms with van der Waals surface area (Å²) in [5, 5.41) is 5.40. The van der Waals surface area contributed by atoms with Gasteiger partial charge >= 0.3 is 0 Å². The third-order valence-electron chi connectivity index (χ3n) is 6.77. The number of pyridine rings is 2. The molecule has 170 valence electrons. The predicted molar refractivity (Wildman–Crippen MR) is 122 cm³/mol. The van der Waals surface area contributed by atoms with E-state index in [-0.39, 0.29) is 11.6 Å². The molecule has 5 heterocycles. The van der Waals surface area contributed by atoms with Gasteiger partial charge in [-0.1, -0.05) is 0 Å². The van der Waals surface area contributed by atoms with E-state index in [1.165, 1.54) is 36.1 Å². The molecule has 2 atom stereocenters. The van der Waals surface area contributed by atoms with Crippen LogP contribution >= 0.6 is 11.8 Å². The largest absolute Gasteiger partial charge is 0.337 e. The molecule has 0 N–H and O–H groups in total. The van der Waals surface area contributed by atoms with E-state index < -0.39 is 11.6 Å². The fourth-order valence-electron chi connectivity index (χ4n) is 5.32. The van der Waals surface area contributed by atoms with Crippen LogP contribution in [0.5, 0.6) is 0 Å². The summed E-state index contributed by atoms with van der Waals surface area (Å²) >= 11 is 1.58. The Kier molecular flexibility index (Phi) is 4.86. The molecule has 10 heteroatoms. The number of halogens is 2. The molecule has 2 bridgehead atoms. The van der Waals surface area contributed by atoms with Gasteiger partial charge in [0.1, 0.15) is 17.2 Å². The summed E-state index contributed by atoms with van der Waals surface area (Å²) in [5.74, 6) is 0.263. The van der Waals surface area contributed by atoms with E-state index >= 15 is 0 Å².